The van der Waals surface area contributed by atoms with E-state index in [1.165, 1.54) is 0 Å². The van der Waals surface area contributed by atoms with Gasteiger partial charge in [0.15, 0.2) is 0 Å². The summed E-state index contributed by atoms with van der Waals surface area (Å²) in [6.07, 6.45) is 3.92. The Hall–Kier alpha value is -0.970. The number of nitrogens with one attached hydrogen (secondary N) is 1. The summed E-state index contributed by atoms with van der Waals surface area (Å²) in [6.45, 7) is 10.3. The molecule has 17 heavy (non-hydrogen) atoms. The summed E-state index contributed by atoms with van der Waals surface area (Å²) < 4.78 is 5.46. The lowest BCUT2D eigenvalue weighted by atomic mass is 10.2. The summed E-state index contributed by atoms with van der Waals surface area (Å²) in [5.41, 5.74) is 1.73. The molecule has 1 aliphatic heterocycles. The average Bonchev–Trinajstić information content (AvgIpc) is 2.52. The molecule has 0 aromatic carbocycles. The molecule has 1 rings (SSSR count). The highest BCUT2D eigenvalue weighted by molar-refractivity contribution is 5.85. The van der Waals surface area contributed by atoms with E-state index in [1.54, 1.807) is 13.2 Å². The minimum Gasteiger partial charge on any atom is -0.360 e. The Morgan fingerprint density at radius 3 is 3.00 bits per heavy atom. The van der Waals surface area contributed by atoms with Crippen LogP contribution in [0, 0.1) is 0 Å². The maximum Gasteiger partial charge on any atom is 0.137 e. The van der Waals surface area contributed by atoms with E-state index in [0.29, 0.717) is 0 Å². The lowest BCUT2D eigenvalue weighted by Crippen LogP contribution is -2.44. The van der Waals surface area contributed by atoms with Gasteiger partial charge in [0.05, 0.1) is 5.70 Å². The van der Waals surface area contributed by atoms with E-state index in [9.17, 15) is 0 Å². The zero-order valence-corrected chi connectivity index (χ0v) is 11.3. The molecule has 0 radical (unpaired) electrons. The van der Waals surface area contributed by atoms with Gasteiger partial charge in [0, 0.05) is 32.5 Å². The van der Waals surface area contributed by atoms with Crippen LogP contribution in [-0.4, -0.2) is 50.1 Å². The molecule has 0 amide bonds. The van der Waals surface area contributed by atoms with Crippen LogP contribution >= 0.6 is 0 Å². The lowest BCUT2D eigenvalue weighted by molar-refractivity contribution is -0.0674. The Kier molecular flexibility index (Phi) is 5.05. The molecule has 4 heteroatoms. The SMILES string of the molecule is C=C[C@](C)(OC)N(C)CC1=CCNCC(C)=N1. The van der Waals surface area contributed by atoms with E-state index < -0.39 is 5.72 Å². The van der Waals surface area contributed by atoms with Crippen LogP contribution in [0.1, 0.15) is 13.8 Å². The van der Waals surface area contributed by atoms with Gasteiger partial charge < -0.3 is 10.1 Å². The maximum atomic E-state index is 5.46. The third-order valence-corrected chi connectivity index (χ3v) is 3.15. The second-order valence-electron chi connectivity index (χ2n) is 4.49. The fourth-order valence-corrected chi connectivity index (χ4v) is 1.67. The van der Waals surface area contributed by atoms with Crippen LogP contribution < -0.4 is 5.32 Å². The van der Waals surface area contributed by atoms with Crippen LogP contribution in [0.15, 0.2) is 29.4 Å². The summed E-state index contributed by atoms with van der Waals surface area (Å²) in [6, 6.07) is 0. The predicted octanol–water partition coefficient (Wildman–Crippen LogP) is 1.41. The molecule has 1 aliphatic rings. The first-order chi connectivity index (χ1) is 8.01. The molecule has 0 aliphatic carbocycles. The molecule has 4 nitrogen and oxygen atoms in total. The monoisotopic (exact) mass is 237 g/mol. The van der Waals surface area contributed by atoms with Crippen LogP contribution in [0.4, 0.5) is 0 Å². The standard InChI is InChI=1S/C13H23N3O/c1-6-13(3,17-5)16(4)10-12-7-8-14-9-11(2)15-12/h6-7,14H,1,8-10H2,2-5H3/t13-/m0/s1. The Bertz CT molecular complexity index is 336. The molecule has 96 valence electrons. The van der Waals surface area contributed by atoms with Crippen molar-refractivity contribution in [2.24, 2.45) is 4.99 Å². The van der Waals surface area contributed by atoms with Crippen molar-refractivity contribution in [2.45, 2.75) is 19.6 Å². The molecule has 1 N–H and O–H groups in total. The van der Waals surface area contributed by atoms with Crippen molar-refractivity contribution in [1.29, 1.82) is 0 Å². The largest absolute Gasteiger partial charge is 0.360 e. The summed E-state index contributed by atoms with van der Waals surface area (Å²) >= 11 is 0. The Morgan fingerprint density at radius 1 is 1.71 bits per heavy atom. The van der Waals surface area contributed by atoms with Crippen molar-refractivity contribution in [3.63, 3.8) is 0 Å². The quantitative estimate of drug-likeness (QED) is 0.580. The van der Waals surface area contributed by atoms with E-state index in [4.69, 9.17) is 4.74 Å². The highest BCUT2D eigenvalue weighted by Gasteiger charge is 2.25. The third-order valence-electron chi connectivity index (χ3n) is 3.15. The molecule has 0 saturated carbocycles. The molecule has 0 bridgehead atoms. The van der Waals surface area contributed by atoms with E-state index in [1.807, 2.05) is 20.9 Å². The molecule has 0 unspecified atom stereocenters. The van der Waals surface area contributed by atoms with E-state index in [0.717, 1.165) is 31.0 Å². The van der Waals surface area contributed by atoms with Crippen molar-refractivity contribution in [2.75, 3.05) is 33.8 Å². The smallest absolute Gasteiger partial charge is 0.137 e. The number of likely N-dealkylation sites (N-methyl/N-ethyl adjacent to an activating group) is 1. The third kappa shape index (κ3) is 3.77. The normalized spacial score (nSPS) is 20.3. The van der Waals surface area contributed by atoms with Gasteiger partial charge in [-0.1, -0.05) is 6.58 Å². The molecule has 0 aromatic heterocycles. The van der Waals surface area contributed by atoms with Gasteiger partial charge in [-0.15, -0.1) is 0 Å². The van der Waals surface area contributed by atoms with Crippen molar-refractivity contribution in [1.82, 2.24) is 10.2 Å². The molecule has 1 heterocycles. The van der Waals surface area contributed by atoms with Crippen molar-refractivity contribution in [3.05, 3.63) is 24.4 Å². The van der Waals surface area contributed by atoms with Crippen LogP contribution in [-0.2, 0) is 4.74 Å². The molecule has 0 spiro atoms. The highest BCUT2D eigenvalue weighted by Crippen LogP contribution is 2.17. The number of aliphatic imine (C=N–C) groups is 1. The molecule has 0 aromatic rings. The van der Waals surface area contributed by atoms with Crippen LogP contribution in [0.25, 0.3) is 0 Å². The number of ether oxygens (including phenoxy) is 1. The van der Waals surface area contributed by atoms with Crippen LogP contribution in [0.5, 0.6) is 0 Å². The van der Waals surface area contributed by atoms with Crippen LogP contribution in [0.2, 0.25) is 0 Å². The minimum atomic E-state index is -0.454. The van der Waals surface area contributed by atoms with Gasteiger partial charge in [-0.05, 0) is 33.0 Å². The molecular formula is C13H23N3O. The Labute approximate surface area is 104 Å². The molecule has 1 atom stereocenters. The molecular weight excluding hydrogens is 214 g/mol. The fourth-order valence-electron chi connectivity index (χ4n) is 1.67. The number of rotatable bonds is 5. The zero-order valence-electron chi connectivity index (χ0n) is 11.3. The van der Waals surface area contributed by atoms with Gasteiger partial charge in [-0.3, -0.25) is 9.89 Å². The second kappa shape index (κ2) is 6.10. The molecule has 0 saturated heterocycles. The second-order valence-corrected chi connectivity index (χ2v) is 4.49. The summed E-state index contributed by atoms with van der Waals surface area (Å²) in [7, 11) is 3.70. The minimum absolute atomic E-state index is 0.454. The average molecular weight is 237 g/mol. The zero-order chi connectivity index (χ0) is 12.9. The predicted molar refractivity (Wildman–Crippen MR) is 72.3 cm³/mol. The van der Waals surface area contributed by atoms with Gasteiger partial charge >= 0.3 is 0 Å². The summed E-state index contributed by atoms with van der Waals surface area (Å²) in [5, 5.41) is 3.29. The van der Waals surface area contributed by atoms with Crippen LogP contribution in [0.3, 0.4) is 0 Å². The Balaban J connectivity index is 2.73. The van der Waals surface area contributed by atoms with Gasteiger partial charge in [0.1, 0.15) is 5.72 Å². The summed E-state index contributed by atoms with van der Waals surface area (Å²) in [4.78, 5) is 6.67. The fraction of sp³-hybridized carbons (Fsp3) is 0.615. The topological polar surface area (TPSA) is 36.9 Å². The number of hydrogen-bond acceptors (Lipinski definition) is 4. The van der Waals surface area contributed by atoms with E-state index >= 15 is 0 Å². The number of nitrogens with zero attached hydrogens (tertiary/aromatic N) is 2. The highest BCUT2D eigenvalue weighted by atomic mass is 16.5. The Morgan fingerprint density at radius 2 is 2.41 bits per heavy atom. The first-order valence-corrected chi connectivity index (χ1v) is 5.85. The van der Waals surface area contributed by atoms with Gasteiger partial charge in [-0.2, -0.15) is 0 Å². The van der Waals surface area contributed by atoms with Crippen molar-refractivity contribution < 1.29 is 4.74 Å². The first-order valence-electron chi connectivity index (χ1n) is 5.85. The van der Waals surface area contributed by atoms with Gasteiger partial charge in [-0.25, -0.2) is 0 Å². The lowest BCUT2D eigenvalue weighted by Gasteiger charge is -2.34. The maximum absolute atomic E-state index is 5.46. The van der Waals surface area contributed by atoms with E-state index in [-0.39, 0.29) is 0 Å². The number of hydrogen-bond donors (Lipinski definition) is 1. The van der Waals surface area contributed by atoms with Crippen molar-refractivity contribution >= 4 is 5.71 Å². The van der Waals surface area contributed by atoms with Crippen molar-refractivity contribution in [3.8, 4) is 0 Å². The first kappa shape index (κ1) is 14.1. The summed E-state index contributed by atoms with van der Waals surface area (Å²) in [5.74, 6) is 0. The van der Waals surface area contributed by atoms with E-state index in [2.05, 4.69) is 27.9 Å². The van der Waals surface area contributed by atoms with Gasteiger partial charge in [0.2, 0.25) is 0 Å². The van der Waals surface area contributed by atoms with Gasteiger partial charge in [0.25, 0.3) is 0 Å². The number of methoxy groups -OCH3 is 1. The molecule has 0 fully saturated rings.